The average Bonchev–Trinajstić information content (AvgIpc) is 2.81. The predicted octanol–water partition coefficient (Wildman–Crippen LogP) is 4.97. The van der Waals surface area contributed by atoms with Crippen molar-refractivity contribution in [3.63, 3.8) is 0 Å². The molecular weight excluding hydrogens is 250 g/mol. The molecule has 0 spiro atoms. The van der Waals surface area contributed by atoms with Gasteiger partial charge in [-0.2, -0.15) is 0 Å². The van der Waals surface area contributed by atoms with Crippen LogP contribution in [0.3, 0.4) is 0 Å². The third-order valence-corrected chi connectivity index (χ3v) is 5.83. The summed E-state index contributed by atoms with van der Waals surface area (Å²) in [4.78, 5) is 1.49. The van der Waals surface area contributed by atoms with Crippen LogP contribution in [0.25, 0.3) is 0 Å². The Bertz CT molecular complexity index is 378. The molecule has 0 aromatic carbocycles. The van der Waals surface area contributed by atoms with E-state index in [1.54, 1.807) is 0 Å². The molecule has 1 nitrogen and oxygen atoms in total. The Labute approximate surface area is 122 Å². The van der Waals surface area contributed by atoms with Crippen LogP contribution in [0, 0.1) is 5.41 Å². The van der Waals surface area contributed by atoms with Crippen molar-refractivity contribution in [2.45, 2.75) is 71.3 Å². The van der Waals surface area contributed by atoms with Crippen LogP contribution in [-0.2, 0) is 5.41 Å². The molecule has 1 aromatic heterocycles. The molecule has 2 rings (SSSR count). The Morgan fingerprint density at radius 2 is 2.11 bits per heavy atom. The molecule has 1 fully saturated rings. The number of hydrogen-bond acceptors (Lipinski definition) is 2. The minimum atomic E-state index is 0.260. The van der Waals surface area contributed by atoms with Crippen molar-refractivity contribution in [1.82, 2.24) is 5.32 Å². The third-order valence-electron chi connectivity index (χ3n) is 4.60. The summed E-state index contributed by atoms with van der Waals surface area (Å²) in [6.45, 7) is 10.6. The topological polar surface area (TPSA) is 12.0 Å². The van der Waals surface area contributed by atoms with Crippen molar-refractivity contribution < 1.29 is 0 Å². The fourth-order valence-corrected chi connectivity index (χ4v) is 3.87. The largest absolute Gasteiger partial charge is 0.313 e. The van der Waals surface area contributed by atoms with Gasteiger partial charge in [-0.25, -0.2) is 0 Å². The van der Waals surface area contributed by atoms with Crippen molar-refractivity contribution >= 4 is 11.3 Å². The van der Waals surface area contributed by atoms with Crippen molar-refractivity contribution in [3.8, 4) is 0 Å². The summed E-state index contributed by atoms with van der Waals surface area (Å²) < 4.78 is 0. The second kappa shape index (κ2) is 5.97. The lowest BCUT2D eigenvalue weighted by molar-refractivity contribution is 0.308. The summed E-state index contributed by atoms with van der Waals surface area (Å²) in [6, 6.07) is 5.15. The van der Waals surface area contributed by atoms with Gasteiger partial charge in [-0.3, -0.25) is 0 Å². The first kappa shape index (κ1) is 15.1. The molecular formula is C17H29NS. The summed E-state index contributed by atoms with van der Waals surface area (Å²) in [7, 11) is 0. The van der Waals surface area contributed by atoms with Crippen LogP contribution in [0.1, 0.15) is 64.7 Å². The number of thiophene rings is 1. The van der Waals surface area contributed by atoms with Crippen LogP contribution in [0.5, 0.6) is 0 Å². The molecule has 1 aliphatic carbocycles. The number of hydrogen-bond donors (Lipinski definition) is 1. The second-order valence-corrected chi connectivity index (χ2v) is 8.48. The zero-order chi connectivity index (χ0) is 13.9. The SMILES string of the molecule is CC1(C)CCCC(NCC(C)(C)c2cccs2)CC1. The van der Waals surface area contributed by atoms with Gasteiger partial charge < -0.3 is 5.32 Å². The lowest BCUT2D eigenvalue weighted by atomic mass is 9.85. The molecule has 0 bridgehead atoms. The first-order valence-corrected chi connectivity index (χ1v) is 8.54. The summed E-state index contributed by atoms with van der Waals surface area (Å²) in [5.74, 6) is 0. The molecule has 2 heteroatoms. The standard InChI is InChI=1S/C17H29NS/c1-16(2)10-5-7-14(9-11-16)18-13-17(3,4)15-8-6-12-19-15/h6,8,12,14,18H,5,7,9-11,13H2,1-4H3. The van der Waals surface area contributed by atoms with Gasteiger partial charge in [-0.15, -0.1) is 11.3 Å². The van der Waals surface area contributed by atoms with Crippen LogP contribution in [0.4, 0.5) is 0 Å². The summed E-state index contributed by atoms with van der Waals surface area (Å²) in [5.41, 5.74) is 0.815. The van der Waals surface area contributed by atoms with E-state index in [0.29, 0.717) is 5.41 Å². The van der Waals surface area contributed by atoms with Gasteiger partial charge in [0.05, 0.1) is 0 Å². The Hall–Kier alpha value is -0.340. The predicted molar refractivity (Wildman–Crippen MR) is 86.0 cm³/mol. The summed E-state index contributed by atoms with van der Waals surface area (Å²) in [6.07, 6.45) is 6.82. The third kappa shape index (κ3) is 4.32. The summed E-state index contributed by atoms with van der Waals surface area (Å²) >= 11 is 1.88. The Morgan fingerprint density at radius 1 is 1.32 bits per heavy atom. The molecule has 0 radical (unpaired) electrons. The van der Waals surface area contributed by atoms with E-state index in [9.17, 15) is 0 Å². The van der Waals surface area contributed by atoms with Crippen molar-refractivity contribution in [3.05, 3.63) is 22.4 Å². The lowest BCUT2D eigenvalue weighted by Crippen LogP contribution is -2.38. The normalized spacial score (nSPS) is 24.1. The maximum atomic E-state index is 3.83. The Balaban J connectivity index is 1.85. The second-order valence-electron chi connectivity index (χ2n) is 7.53. The summed E-state index contributed by atoms with van der Waals surface area (Å²) in [5, 5.41) is 6.02. The van der Waals surface area contributed by atoms with Crippen LogP contribution in [-0.4, -0.2) is 12.6 Å². The number of rotatable bonds is 4. The molecule has 1 aromatic rings. The molecule has 0 saturated heterocycles. The van der Waals surface area contributed by atoms with Crippen LogP contribution in [0.15, 0.2) is 17.5 Å². The first-order chi connectivity index (χ1) is 8.89. The molecule has 1 heterocycles. The molecule has 108 valence electrons. The highest BCUT2D eigenvalue weighted by atomic mass is 32.1. The fourth-order valence-electron chi connectivity index (χ4n) is 3.02. The van der Waals surface area contributed by atoms with E-state index >= 15 is 0 Å². The van der Waals surface area contributed by atoms with Gasteiger partial charge in [0.2, 0.25) is 0 Å². The highest BCUT2D eigenvalue weighted by Crippen LogP contribution is 2.34. The van der Waals surface area contributed by atoms with E-state index in [2.05, 4.69) is 50.5 Å². The van der Waals surface area contributed by atoms with Crippen LogP contribution in [0.2, 0.25) is 0 Å². The molecule has 0 aliphatic heterocycles. The highest BCUT2D eigenvalue weighted by molar-refractivity contribution is 7.10. The van der Waals surface area contributed by atoms with Gasteiger partial charge in [-0.1, -0.05) is 40.2 Å². The van der Waals surface area contributed by atoms with Gasteiger partial charge in [0.15, 0.2) is 0 Å². The van der Waals surface area contributed by atoms with Crippen LogP contribution >= 0.6 is 11.3 Å². The minimum absolute atomic E-state index is 0.260. The van der Waals surface area contributed by atoms with E-state index < -0.39 is 0 Å². The van der Waals surface area contributed by atoms with Gasteiger partial charge in [0.25, 0.3) is 0 Å². The minimum Gasteiger partial charge on any atom is -0.313 e. The molecule has 1 atom stereocenters. The highest BCUT2D eigenvalue weighted by Gasteiger charge is 2.26. The maximum absolute atomic E-state index is 3.83. The molecule has 0 amide bonds. The monoisotopic (exact) mass is 279 g/mol. The van der Waals surface area contributed by atoms with E-state index in [0.717, 1.165) is 12.6 Å². The maximum Gasteiger partial charge on any atom is 0.0115 e. The van der Waals surface area contributed by atoms with E-state index in [-0.39, 0.29) is 5.41 Å². The van der Waals surface area contributed by atoms with Gasteiger partial charge in [0, 0.05) is 22.9 Å². The fraction of sp³-hybridized carbons (Fsp3) is 0.765. The van der Waals surface area contributed by atoms with Crippen LogP contribution < -0.4 is 5.32 Å². The Morgan fingerprint density at radius 3 is 2.79 bits per heavy atom. The lowest BCUT2D eigenvalue weighted by Gasteiger charge is -2.27. The zero-order valence-corrected chi connectivity index (χ0v) is 13.8. The van der Waals surface area contributed by atoms with E-state index in [1.165, 1.54) is 37.0 Å². The molecule has 1 aliphatic rings. The molecule has 1 N–H and O–H groups in total. The Kier molecular flexibility index (Phi) is 4.73. The quantitative estimate of drug-likeness (QED) is 0.767. The average molecular weight is 279 g/mol. The molecule has 19 heavy (non-hydrogen) atoms. The zero-order valence-electron chi connectivity index (χ0n) is 13.0. The van der Waals surface area contributed by atoms with Crippen molar-refractivity contribution in [2.24, 2.45) is 5.41 Å². The van der Waals surface area contributed by atoms with Crippen molar-refractivity contribution in [1.29, 1.82) is 0 Å². The molecule has 1 unspecified atom stereocenters. The van der Waals surface area contributed by atoms with E-state index in [4.69, 9.17) is 0 Å². The van der Waals surface area contributed by atoms with Crippen molar-refractivity contribution in [2.75, 3.05) is 6.54 Å². The molecule has 1 saturated carbocycles. The van der Waals surface area contributed by atoms with E-state index in [1.807, 2.05) is 11.3 Å². The van der Waals surface area contributed by atoms with Gasteiger partial charge >= 0.3 is 0 Å². The first-order valence-electron chi connectivity index (χ1n) is 7.66. The van der Waals surface area contributed by atoms with Gasteiger partial charge in [-0.05, 0) is 42.5 Å². The number of nitrogens with one attached hydrogen (secondary N) is 1. The smallest absolute Gasteiger partial charge is 0.0115 e. The van der Waals surface area contributed by atoms with Gasteiger partial charge in [0.1, 0.15) is 0 Å².